The van der Waals surface area contributed by atoms with Gasteiger partial charge in [0.2, 0.25) is 0 Å². The van der Waals surface area contributed by atoms with Crippen LogP contribution >= 0.6 is 11.3 Å². The van der Waals surface area contributed by atoms with Gasteiger partial charge in [-0.2, -0.15) is 0 Å². The van der Waals surface area contributed by atoms with E-state index in [4.69, 9.17) is 4.74 Å². The highest BCUT2D eigenvalue weighted by atomic mass is 32.1. The van der Waals surface area contributed by atoms with E-state index in [1.54, 1.807) is 11.3 Å². The molecule has 1 aliphatic rings. The lowest BCUT2D eigenvalue weighted by Crippen LogP contribution is -2.49. The number of rotatable bonds is 7. The van der Waals surface area contributed by atoms with Crippen molar-refractivity contribution in [3.8, 4) is 0 Å². The Kier molecular flexibility index (Phi) is 6.40. The molecule has 2 N–H and O–H groups in total. The van der Waals surface area contributed by atoms with Gasteiger partial charge in [-0.05, 0) is 29.9 Å². The molecule has 5 heteroatoms. The van der Waals surface area contributed by atoms with Crippen molar-refractivity contribution in [3.63, 3.8) is 0 Å². The van der Waals surface area contributed by atoms with Crippen LogP contribution in [0.15, 0.2) is 47.8 Å². The van der Waals surface area contributed by atoms with E-state index < -0.39 is 12.2 Å². The third kappa shape index (κ3) is 4.88. The molecule has 0 saturated carbocycles. The molecule has 2 heterocycles. The predicted octanol–water partition coefficient (Wildman–Crippen LogP) is 2.48. The summed E-state index contributed by atoms with van der Waals surface area (Å²) in [6, 6.07) is 14.1. The van der Waals surface area contributed by atoms with Crippen molar-refractivity contribution < 1.29 is 14.9 Å². The molecule has 0 aliphatic carbocycles. The van der Waals surface area contributed by atoms with E-state index in [-0.39, 0.29) is 6.04 Å². The Morgan fingerprint density at radius 1 is 1.17 bits per heavy atom. The van der Waals surface area contributed by atoms with E-state index in [2.05, 4.69) is 4.90 Å². The summed E-state index contributed by atoms with van der Waals surface area (Å²) in [4.78, 5) is 3.25. The summed E-state index contributed by atoms with van der Waals surface area (Å²) < 4.78 is 5.60. The Morgan fingerprint density at radius 2 is 2.00 bits per heavy atom. The van der Waals surface area contributed by atoms with Crippen molar-refractivity contribution in [2.75, 3.05) is 26.3 Å². The highest BCUT2D eigenvalue weighted by molar-refractivity contribution is 7.10. The summed E-state index contributed by atoms with van der Waals surface area (Å²) in [6.45, 7) is 2.71. The fourth-order valence-corrected chi connectivity index (χ4v) is 3.95. The standard InChI is InChI=1S/C19H25NO3S/c21-17(11-15-5-2-1-3-6-15)13-20-8-9-23-14-16(20)12-18(22)19-7-4-10-24-19/h1-7,10,16-18,21-22H,8-9,11-14H2. The number of β-amino-alcohol motifs (C(OH)–C–C–N with tert-alkyl or cyclic N) is 1. The van der Waals surface area contributed by atoms with Gasteiger partial charge in [-0.3, -0.25) is 4.90 Å². The van der Waals surface area contributed by atoms with Crippen LogP contribution in [0.3, 0.4) is 0 Å². The van der Waals surface area contributed by atoms with Crippen molar-refractivity contribution in [3.05, 3.63) is 58.3 Å². The molecule has 0 spiro atoms. The number of ether oxygens (including phenoxy) is 1. The number of aliphatic hydroxyl groups excluding tert-OH is 2. The van der Waals surface area contributed by atoms with Crippen molar-refractivity contribution in [1.29, 1.82) is 0 Å². The summed E-state index contributed by atoms with van der Waals surface area (Å²) in [5, 5.41) is 22.8. The molecule has 0 amide bonds. The van der Waals surface area contributed by atoms with Gasteiger partial charge in [-0.1, -0.05) is 36.4 Å². The Hall–Kier alpha value is -1.24. The molecular weight excluding hydrogens is 322 g/mol. The van der Waals surface area contributed by atoms with E-state index in [9.17, 15) is 10.2 Å². The monoisotopic (exact) mass is 347 g/mol. The van der Waals surface area contributed by atoms with E-state index in [1.807, 2.05) is 47.8 Å². The molecule has 4 nitrogen and oxygen atoms in total. The average Bonchev–Trinajstić information content (AvgIpc) is 3.12. The van der Waals surface area contributed by atoms with Gasteiger partial charge in [0.15, 0.2) is 0 Å². The first-order valence-corrected chi connectivity index (χ1v) is 9.35. The number of nitrogens with zero attached hydrogens (tertiary/aromatic N) is 1. The normalized spacial score (nSPS) is 21.5. The van der Waals surface area contributed by atoms with Crippen LogP contribution in [0, 0.1) is 0 Å². The van der Waals surface area contributed by atoms with Gasteiger partial charge in [0.1, 0.15) is 0 Å². The minimum atomic E-state index is -0.467. The zero-order chi connectivity index (χ0) is 16.8. The van der Waals surface area contributed by atoms with E-state index in [0.717, 1.165) is 17.0 Å². The number of thiophene rings is 1. The number of benzene rings is 1. The van der Waals surface area contributed by atoms with Crippen LogP contribution in [-0.2, 0) is 11.2 Å². The highest BCUT2D eigenvalue weighted by Crippen LogP contribution is 2.26. The molecule has 1 aliphatic heterocycles. The molecule has 1 saturated heterocycles. The van der Waals surface area contributed by atoms with Crippen molar-refractivity contribution in [1.82, 2.24) is 4.90 Å². The summed E-state index contributed by atoms with van der Waals surface area (Å²) in [5.41, 5.74) is 1.15. The smallest absolute Gasteiger partial charge is 0.0897 e. The molecule has 1 aromatic heterocycles. The van der Waals surface area contributed by atoms with Crippen LogP contribution in [0.5, 0.6) is 0 Å². The third-order valence-electron chi connectivity index (χ3n) is 4.48. The fourth-order valence-electron chi connectivity index (χ4n) is 3.22. The maximum Gasteiger partial charge on any atom is 0.0897 e. The molecule has 0 bridgehead atoms. The largest absolute Gasteiger partial charge is 0.391 e. The van der Waals surface area contributed by atoms with Gasteiger partial charge in [-0.25, -0.2) is 0 Å². The van der Waals surface area contributed by atoms with E-state index >= 15 is 0 Å². The van der Waals surface area contributed by atoms with E-state index in [0.29, 0.717) is 32.6 Å². The molecule has 24 heavy (non-hydrogen) atoms. The minimum Gasteiger partial charge on any atom is -0.391 e. The Balaban J connectivity index is 1.55. The maximum absolute atomic E-state index is 10.4. The lowest BCUT2D eigenvalue weighted by atomic mass is 10.0. The molecule has 1 aromatic carbocycles. The second kappa shape index (κ2) is 8.74. The zero-order valence-electron chi connectivity index (χ0n) is 13.8. The summed E-state index contributed by atoms with van der Waals surface area (Å²) in [6.07, 6.45) is 0.411. The van der Waals surface area contributed by atoms with Crippen molar-refractivity contribution in [2.45, 2.75) is 31.1 Å². The third-order valence-corrected chi connectivity index (χ3v) is 5.45. The van der Waals surface area contributed by atoms with Gasteiger partial charge in [0, 0.05) is 24.0 Å². The van der Waals surface area contributed by atoms with Gasteiger partial charge in [0.05, 0.1) is 25.4 Å². The first kappa shape index (κ1) is 17.6. The minimum absolute atomic E-state index is 0.140. The van der Waals surface area contributed by atoms with Crippen LogP contribution in [-0.4, -0.2) is 53.6 Å². The molecule has 0 radical (unpaired) electrons. The molecule has 130 valence electrons. The van der Waals surface area contributed by atoms with Crippen molar-refractivity contribution >= 4 is 11.3 Å². The van der Waals surface area contributed by atoms with Gasteiger partial charge >= 0.3 is 0 Å². The summed E-state index contributed by atoms with van der Waals surface area (Å²) in [5.74, 6) is 0. The number of hydrogen-bond donors (Lipinski definition) is 2. The molecule has 3 atom stereocenters. The molecule has 1 fully saturated rings. The van der Waals surface area contributed by atoms with Crippen LogP contribution in [0.4, 0.5) is 0 Å². The number of aliphatic hydroxyl groups is 2. The Labute approximate surface area is 147 Å². The maximum atomic E-state index is 10.4. The van der Waals surface area contributed by atoms with Crippen LogP contribution in [0.1, 0.15) is 23.0 Å². The lowest BCUT2D eigenvalue weighted by molar-refractivity contribution is -0.0414. The van der Waals surface area contributed by atoms with Gasteiger partial charge in [0.25, 0.3) is 0 Å². The quantitative estimate of drug-likeness (QED) is 0.808. The first-order chi connectivity index (χ1) is 11.7. The molecule has 3 rings (SSSR count). The SMILES string of the molecule is OC(Cc1ccccc1)CN1CCOCC1CC(O)c1cccs1. The highest BCUT2D eigenvalue weighted by Gasteiger charge is 2.27. The summed E-state index contributed by atoms with van der Waals surface area (Å²) in [7, 11) is 0. The second-order valence-electron chi connectivity index (χ2n) is 6.33. The molecule has 2 aromatic rings. The van der Waals surface area contributed by atoms with Gasteiger partial charge < -0.3 is 14.9 Å². The summed E-state index contributed by atoms with van der Waals surface area (Å²) >= 11 is 1.58. The van der Waals surface area contributed by atoms with Crippen molar-refractivity contribution in [2.24, 2.45) is 0 Å². The fraction of sp³-hybridized carbons (Fsp3) is 0.474. The van der Waals surface area contributed by atoms with Crippen LogP contribution < -0.4 is 0 Å². The van der Waals surface area contributed by atoms with Crippen LogP contribution in [0.25, 0.3) is 0 Å². The lowest BCUT2D eigenvalue weighted by Gasteiger charge is -2.37. The predicted molar refractivity (Wildman–Crippen MR) is 96.2 cm³/mol. The molecular formula is C19H25NO3S. The number of morpholine rings is 1. The topological polar surface area (TPSA) is 52.9 Å². The Bertz CT molecular complexity index is 590. The van der Waals surface area contributed by atoms with E-state index in [1.165, 1.54) is 0 Å². The first-order valence-electron chi connectivity index (χ1n) is 8.47. The van der Waals surface area contributed by atoms with Gasteiger partial charge in [-0.15, -0.1) is 11.3 Å². The zero-order valence-corrected chi connectivity index (χ0v) is 14.6. The second-order valence-corrected chi connectivity index (χ2v) is 7.31. The average molecular weight is 347 g/mol. The number of hydrogen-bond acceptors (Lipinski definition) is 5. The molecule has 3 unspecified atom stereocenters. The van der Waals surface area contributed by atoms with Crippen LogP contribution in [0.2, 0.25) is 0 Å². The Morgan fingerprint density at radius 3 is 2.75 bits per heavy atom.